The second kappa shape index (κ2) is 19.2. The maximum Gasteiger partial charge on any atom is 0.405 e. The van der Waals surface area contributed by atoms with Crippen molar-refractivity contribution < 1.29 is 38.5 Å². The molecule has 0 aromatic rings. The Morgan fingerprint density at radius 3 is 2.41 bits per heavy atom. The number of Topliss-reactive ketones (excluding diaryl/α,β-unsaturated/α-hetero) is 1. The molecule has 0 saturated heterocycles. The molecule has 0 saturated carbocycles. The number of carbonyl (C=O) groups excluding carboxylic acids is 4. The third-order valence-electron chi connectivity index (χ3n) is 8.38. The normalized spacial score (nSPS) is 30.0. The zero-order valence-electron chi connectivity index (χ0n) is 28.4. The minimum atomic E-state index is -0.993. The summed E-state index contributed by atoms with van der Waals surface area (Å²) in [6.07, 6.45) is 9.26. The van der Waals surface area contributed by atoms with Crippen LogP contribution in [0.5, 0.6) is 0 Å². The van der Waals surface area contributed by atoms with Gasteiger partial charge < -0.3 is 35.7 Å². The summed E-state index contributed by atoms with van der Waals surface area (Å²) in [6.45, 7) is 9.76. The number of allylic oxidation sites excluding steroid dienone is 4. The molecular weight excluding hydrogens is 590 g/mol. The largest absolute Gasteiger partial charge is 0.439 e. The van der Waals surface area contributed by atoms with Gasteiger partial charge in [-0.05, 0) is 44.6 Å². The topological polar surface area (TPSA) is 166 Å². The van der Waals surface area contributed by atoms with Crippen LogP contribution >= 0.6 is 0 Å². The smallest absolute Gasteiger partial charge is 0.405 e. The number of aliphatic hydroxyl groups excluding tert-OH is 1. The Kier molecular flexibility index (Phi) is 16.1. The Labute approximate surface area is 273 Å². The number of ether oxygens (including phenoxy) is 3. The van der Waals surface area contributed by atoms with Gasteiger partial charge in [0.05, 0.1) is 23.6 Å². The summed E-state index contributed by atoms with van der Waals surface area (Å²) in [5.41, 5.74) is 6.68. The van der Waals surface area contributed by atoms with Crippen LogP contribution in [0.25, 0.3) is 0 Å². The third-order valence-corrected chi connectivity index (χ3v) is 8.38. The fourth-order valence-electron chi connectivity index (χ4n) is 5.72. The number of unbranched alkanes of at least 4 members (excludes halogenated alkanes) is 4. The van der Waals surface area contributed by atoms with E-state index in [0.29, 0.717) is 24.1 Å². The average Bonchev–Trinajstić information content (AvgIpc) is 3.01. The lowest BCUT2D eigenvalue weighted by molar-refractivity contribution is -0.120. The first kappa shape index (κ1) is 38.6. The van der Waals surface area contributed by atoms with E-state index in [1.807, 2.05) is 13.8 Å². The van der Waals surface area contributed by atoms with Gasteiger partial charge in [0, 0.05) is 43.9 Å². The molecular formula is C35H53N3O8. The molecule has 11 heteroatoms. The van der Waals surface area contributed by atoms with Gasteiger partial charge >= 0.3 is 6.09 Å². The standard InChI is InChI=1S/C35H53N3O8/c1-8-9-10-11-12-16-37-30-25-17-21(2)18-29(45-7)31(40)23(4)19-24(5)33(46-35(36)43)28(44-6)15-13-14-22(3)34(42)38-26(32(25)41)20-27(30)39/h13-15,19-21,23,28-29,31,33,37,40H,8-12,16-18H2,1-7H3,(H2,36,43)(H,38,42)/b15-13-,22-14-,24-19-/t21-,23+,28+,29+,31-,33+/m1/s1. The van der Waals surface area contributed by atoms with E-state index in [9.17, 15) is 24.3 Å². The highest BCUT2D eigenvalue weighted by atomic mass is 16.6. The van der Waals surface area contributed by atoms with Crippen molar-refractivity contribution in [3.05, 3.63) is 58.5 Å². The van der Waals surface area contributed by atoms with Gasteiger partial charge in [0.15, 0.2) is 6.10 Å². The fourth-order valence-corrected chi connectivity index (χ4v) is 5.72. The van der Waals surface area contributed by atoms with Crippen LogP contribution in [0.4, 0.5) is 4.79 Å². The predicted molar refractivity (Wildman–Crippen MR) is 176 cm³/mol. The quantitative estimate of drug-likeness (QED) is 0.154. The number of carbonyl (C=O) groups is 4. The second-order valence-corrected chi connectivity index (χ2v) is 12.3. The van der Waals surface area contributed by atoms with Crippen molar-refractivity contribution in [2.24, 2.45) is 17.6 Å². The Morgan fingerprint density at radius 1 is 1.09 bits per heavy atom. The van der Waals surface area contributed by atoms with Crippen molar-refractivity contribution in [3.8, 4) is 0 Å². The van der Waals surface area contributed by atoms with E-state index in [0.717, 1.165) is 32.1 Å². The van der Waals surface area contributed by atoms with Crippen LogP contribution in [0.3, 0.4) is 0 Å². The van der Waals surface area contributed by atoms with Crippen LogP contribution in [0.1, 0.15) is 79.6 Å². The summed E-state index contributed by atoms with van der Waals surface area (Å²) in [7, 11) is 2.95. The van der Waals surface area contributed by atoms with Gasteiger partial charge in [-0.15, -0.1) is 0 Å². The molecule has 1 aliphatic carbocycles. The molecule has 5 N–H and O–H groups in total. The lowest BCUT2D eigenvalue weighted by Gasteiger charge is -2.30. The summed E-state index contributed by atoms with van der Waals surface area (Å²) in [4.78, 5) is 52.0. The molecule has 11 nitrogen and oxygen atoms in total. The lowest BCUT2D eigenvalue weighted by atomic mass is 9.85. The van der Waals surface area contributed by atoms with Crippen molar-refractivity contribution in [1.29, 1.82) is 0 Å². The van der Waals surface area contributed by atoms with Gasteiger partial charge in [0.2, 0.25) is 11.6 Å². The van der Waals surface area contributed by atoms with Gasteiger partial charge in [-0.3, -0.25) is 14.4 Å². The molecule has 256 valence electrons. The minimum Gasteiger partial charge on any atom is -0.439 e. The van der Waals surface area contributed by atoms with Crippen LogP contribution in [0.2, 0.25) is 0 Å². The molecule has 1 aliphatic heterocycles. The monoisotopic (exact) mass is 643 g/mol. The number of primary amides is 1. The molecule has 46 heavy (non-hydrogen) atoms. The summed E-state index contributed by atoms with van der Waals surface area (Å²) in [5, 5.41) is 17.1. The summed E-state index contributed by atoms with van der Waals surface area (Å²) in [5.74, 6) is -1.97. The summed E-state index contributed by atoms with van der Waals surface area (Å²) >= 11 is 0. The SMILES string of the molecule is CCCCCCCNC1=C2C[C@@H](C)C[C@H](OC)[C@H](O)[C@@H](C)/C=C(/C)[C@H](OC(N)=O)[C@@H](OC)/C=C\C=C(\C)C(=O)NC(=CC1=O)C2=O. The average molecular weight is 644 g/mol. The van der Waals surface area contributed by atoms with Crippen LogP contribution in [0.15, 0.2) is 58.5 Å². The van der Waals surface area contributed by atoms with E-state index in [4.69, 9.17) is 19.9 Å². The highest BCUT2D eigenvalue weighted by Gasteiger charge is 2.33. The van der Waals surface area contributed by atoms with E-state index >= 15 is 0 Å². The van der Waals surface area contributed by atoms with Crippen molar-refractivity contribution in [2.45, 2.75) is 104 Å². The Morgan fingerprint density at radius 2 is 1.78 bits per heavy atom. The van der Waals surface area contributed by atoms with E-state index < -0.39 is 48.1 Å². The zero-order valence-corrected chi connectivity index (χ0v) is 28.4. The van der Waals surface area contributed by atoms with Crippen molar-refractivity contribution >= 4 is 23.6 Å². The predicted octanol–water partition coefficient (Wildman–Crippen LogP) is 4.32. The molecule has 2 rings (SSSR count). The summed E-state index contributed by atoms with van der Waals surface area (Å²) < 4.78 is 16.7. The maximum absolute atomic E-state index is 13.8. The van der Waals surface area contributed by atoms with E-state index in [1.165, 1.54) is 26.4 Å². The minimum absolute atomic E-state index is 0.0956. The van der Waals surface area contributed by atoms with Crippen LogP contribution < -0.4 is 16.4 Å². The molecule has 0 spiro atoms. The number of nitrogens with one attached hydrogen (secondary N) is 2. The Hall–Kier alpha value is -3.54. The van der Waals surface area contributed by atoms with E-state index in [2.05, 4.69) is 17.6 Å². The third kappa shape index (κ3) is 11.4. The molecule has 1 heterocycles. The van der Waals surface area contributed by atoms with Crippen molar-refractivity contribution in [1.82, 2.24) is 10.6 Å². The lowest BCUT2D eigenvalue weighted by Crippen LogP contribution is -2.38. The molecule has 6 atom stereocenters. The first-order chi connectivity index (χ1) is 21.8. The molecule has 2 aliphatic rings. The number of nitrogens with two attached hydrogens (primary N) is 1. The van der Waals surface area contributed by atoms with Crippen molar-refractivity contribution in [3.63, 3.8) is 0 Å². The highest BCUT2D eigenvalue weighted by Crippen LogP contribution is 2.29. The van der Waals surface area contributed by atoms with Crippen LogP contribution in [-0.2, 0) is 28.6 Å². The molecule has 0 unspecified atom stereocenters. The van der Waals surface area contributed by atoms with Gasteiger partial charge in [0.25, 0.3) is 5.91 Å². The zero-order chi connectivity index (χ0) is 34.4. The first-order valence-corrected chi connectivity index (χ1v) is 16.2. The second-order valence-electron chi connectivity index (χ2n) is 12.3. The van der Waals surface area contributed by atoms with Gasteiger partial charge in [0.1, 0.15) is 6.10 Å². The number of methoxy groups -OCH3 is 2. The molecule has 0 aromatic heterocycles. The number of aliphatic hydroxyl groups is 1. The molecule has 2 amide bonds. The molecule has 0 fully saturated rings. The molecule has 2 bridgehead atoms. The number of ketones is 2. The first-order valence-electron chi connectivity index (χ1n) is 16.2. The number of amides is 2. The van der Waals surface area contributed by atoms with Crippen LogP contribution in [0, 0.1) is 11.8 Å². The molecule has 0 aromatic carbocycles. The fraction of sp³-hybridized carbons (Fsp3) is 0.600. The van der Waals surface area contributed by atoms with E-state index in [1.54, 1.807) is 32.1 Å². The van der Waals surface area contributed by atoms with Crippen molar-refractivity contribution in [2.75, 3.05) is 20.8 Å². The number of hydrogen-bond acceptors (Lipinski definition) is 9. The summed E-state index contributed by atoms with van der Waals surface area (Å²) in [6, 6.07) is 0. The number of fused-ring (bicyclic) bond motifs is 2. The van der Waals surface area contributed by atoms with Gasteiger partial charge in [-0.25, -0.2) is 4.79 Å². The number of rotatable bonds is 10. The van der Waals surface area contributed by atoms with Gasteiger partial charge in [-0.2, -0.15) is 0 Å². The molecule has 0 radical (unpaired) electrons. The van der Waals surface area contributed by atoms with Gasteiger partial charge in [-0.1, -0.05) is 70.8 Å². The van der Waals surface area contributed by atoms with E-state index in [-0.39, 0.29) is 35.1 Å². The highest BCUT2D eigenvalue weighted by molar-refractivity contribution is 6.23. The number of hydrogen-bond donors (Lipinski definition) is 4. The Balaban J connectivity index is 2.54. The Bertz CT molecular complexity index is 1250. The maximum atomic E-state index is 13.8. The van der Waals surface area contributed by atoms with Crippen LogP contribution in [-0.4, -0.2) is 73.9 Å².